The molecule has 3 aromatic rings. The largest absolute Gasteiger partial charge is 0.324 e. The van der Waals surface area contributed by atoms with Crippen LogP contribution in [0.2, 0.25) is 0 Å². The van der Waals surface area contributed by atoms with Gasteiger partial charge in [0.2, 0.25) is 5.91 Å². The van der Waals surface area contributed by atoms with Crippen molar-refractivity contribution in [3.63, 3.8) is 0 Å². The van der Waals surface area contributed by atoms with E-state index in [0.29, 0.717) is 11.0 Å². The van der Waals surface area contributed by atoms with E-state index in [2.05, 4.69) is 26.2 Å². The second-order valence-corrected chi connectivity index (χ2v) is 6.09. The molecule has 0 spiro atoms. The van der Waals surface area contributed by atoms with Crippen molar-refractivity contribution in [3.05, 3.63) is 69.1 Å². The first kappa shape index (κ1) is 15.4. The van der Waals surface area contributed by atoms with Gasteiger partial charge in [-0.25, -0.2) is 4.98 Å². The second-order valence-electron chi connectivity index (χ2n) is 5.18. The van der Waals surface area contributed by atoms with Gasteiger partial charge in [-0.1, -0.05) is 34.1 Å². The van der Waals surface area contributed by atoms with Crippen LogP contribution in [-0.4, -0.2) is 15.5 Å². The number of halogens is 1. The molecule has 0 fully saturated rings. The molecular weight excluding hydrogens is 358 g/mol. The van der Waals surface area contributed by atoms with E-state index >= 15 is 0 Å². The van der Waals surface area contributed by atoms with Crippen LogP contribution in [0.5, 0.6) is 0 Å². The molecule has 2 aromatic carbocycles. The van der Waals surface area contributed by atoms with E-state index in [4.69, 9.17) is 0 Å². The van der Waals surface area contributed by atoms with Gasteiger partial charge in [-0.15, -0.1) is 0 Å². The lowest BCUT2D eigenvalue weighted by atomic mass is 10.2. The maximum atomic E-state index is 12.3. The van der Waals surface area contributed by atoms with Gasteiger partial charge in [0.15, 0.2) is 0 Å². The highest BCUT2D eigenvalue weighted by atomic mass is 79.9. The Morgan fingerprint density at radius 3 is 2.87 bits per heavy atom. The van der Waals surface area contributed by atoms with Crippen LogP contribution >= 0.6 is 15.9 Å². The summed E-state index contributed by atoms with van der Waals surface area (Å²) in [6.07, 6.45) is 1.24. The van der Waals surface area contributed by atoms with Crippen molar-refractivity contribution in [2.24, 2.45) is 0 Å². The molecule has 3 rings (SSSR count). The van der Waals surface area contributed by atoms with Crippen LogP contribution in [0.25, 0.3) is 11.0 Å². The van der Waals surface area contributed by atoms with Crippen LogP contribution < -0.4 is 10.9 Å². The number of carbonyl (C=O) groups excluding carboxylic acids is 1. The monoisotopic (exact) mass is 371 g/mol. The molecule has 1 N–H and O–H groups in total. The molecule has 0 atom stereocenters. The molecule has 6 heteroatoms. The molecule has 0 bridgehead atoms. The summed E-state index contributed by atoms with van der Waals surface area (Å²) in [5, 5.41) is 2.84. The predicted molar refractivity (Wildman–Crippen MR) is 93.5 cm³/mol. The first-order chi connectivity index (χ1) is 11.0. The van der Waals surface area contributed by atoms with Gasteiger partial charge in [0.05, 0.1) is 17.2 Å². The van der Waals surface area contributed by atoms with E-state index in [9.17, 15) is 9.59 Å². The number of hydrogen-bond donors (Lipinski definition) is 1. The van der Waals surface area contributed by atoms with E-state index in [-0.39, 0.29) is 18.0 Å². The number of aromatic nitrogens is 2. The van der Waals surface area contributed by atoms with Crippen molar-refractivity contribution in [3.8, 4) is 0 Å². The summed E-state index contributed by atoms with van der Waals surface area (Å²) in [7, 11) is 0. The van der Waals surface area contributed by atoms with Crippen LogP contribution in [0, 0.1) is 6.92 Å². The molecule has 0 unspecified atom stereocenters. The van der Waals surface area contributed by atoms with Crippen molar-refractivity contribution >= 4 is 38.6 Å². The Hall–Kier alpha value is -2.47. The van der Waals surface area contributed by atoms with Crippen molar-refractivity contribution < 1.29 is 4.79 Å². The fourth-order valence-corrected chi connectivity index (χ4v) is 2.70. The molecule has 1 amide bonds. The molecule has 0 aliphatic carbocycles. The van der Waals surface area contributed by atoms with Gasteiger partial charge in [0, 0.05) is 10.2 Å². The highest BCUT2D eigenvalue weighted by molar-refractivity contribution is 9.10. The highest BCUT2D eigenvalue weighted by Gasteiger charge is 2.10. The summed E-state index contributed by atoms with van der Waals surface area (Å²) >= 11 is 3.38. The molecule has 1 aromatic heterocycles. The van der Waals surface area contributed by atoms with E-state index in [0.717, 1.165) is 15.7 Å². The second kappa shape index (κ2) is 6.34. The zero-order chi connectivity index (χ0) is 16.4. The van der Waals surface area contributed by atoms with Crippen molar-refractivity contribution in [1.29, 1.82) is 0 Å². The predicted octanol–water partition coefficient (Wildman–Crippen LogP) is 3.11. The summed E-state index contributed by atoms with van der Waals surface area (Å²) in [6, 6.07) is 12.9. The van der Waals surface area contributed by atoms with Crippen LogP contribution in [0.4, 0.5) is 5.69 Å². The van der Waals surface area contributed by atoms with Gasteiger partial charge in [-0.05, 0) is 36.8 Å². The van der Waals surface area contributed by atoms with Gasteiger partial charge >= 0.3 is 0 Å². The number of aryl methyl sites for hydroxylation is 1. The molecule has 23 heavy (non-hydrogen) atoms. The average molecular weight is 372 g/mol. The minimum absolute atomic E-state index is 0.0617. The average Bonchev–Trinajstić information content (AvgIpc) is 2.54. The van der Waals surface area contributed by atoms with Crippen LogP contribution in [0.3, 0.4) is 0 Å². The summed E-state index contributed by atoms with van der Waals surface area (Å²) in [5.74, 6) is -0.260. The fraction of sp³-hybridized carbons (Fsp3) is 0.118. The zero-order valence-corrected chi connectivity index (χ0v) is 14.0. The molecule has 0 aliphatic heterocycles. The number of anilines is 1. The maximum Gasteiger partial charge on any atom is 0.269 e. The van der Waals surface area contributed by atoms with E-state index in [1.807, 2.05) is 43.3 Å². The number of nitrogens with zero attached hydrogens (tertiary/aromatic N) is 2. The third-order valence-electron chi connectivity index (χ3n) is 3.53. The topological polar surface area (TPSA) is 64.0 Å². The van der Waals surface area contributed by atoms with Crippen molar-refractivity contribution in [1.82, 2.24) is 9.55 Å². The molecule has 5 nitrogen and oxygen atoms in total. The molecule has 1 heterocycles. The van der Waals surface area contributed by atoms with Crippen LogP contribution in [0.1, 0.15) is 5.56 Å². The number of fused-ring (bicyclic) bond motifs is 1. The number of rotatable bonds is 3. The summed E-state index contributed by atoms with van der Waals surface area (Å²) in [5.41, 5.74) is 2.69. The Bertz CT molecular complexity index is 950. The number of carbonyl (C=O) groups is 1. The molecule has 0 radical (unpaired) electrons. The number of para-hydroxylation sites is 2. The molecular formula is C17H14BrN3O2. The Morgan fingerprint density at radius 1 is 1.26 bits per heavy atom. The first-order valence-electron chi connectivity index (χ1n) is 7.05. The smallest absolute Gasteiger partial charge is 0.269 e. The van der Waals surface area contributed by atoms with Crippen molar-refractivity contribution in [2.75, 3.05) is 5.32 Å². The summed E-state index contributed by atoms with van der Waals surface area (Å²) < 4.78 is 2.30. The van der Waals surface area contributed by atoms with Gasteiger partial charge < -0.3 is 5.32 Å². The molecule has 0 aliphatic rings. The Morgan fingerprint density at radius 2 is 2.04 bits per heavy atom. The molecule has 116 valence electrons. The lowest BCUT2D eigenvalue weighted by molar-refractivity contribution is -0.116. The standard InChI is InChI=1S/C17H14BrN3O2/c1-11-6-7-12(18)8-14(11)20-16(22)10-21-15-5-3-2-4-13(15)19-9-17(21)23/h2-9H,10H2,1H3,(H,20,22). The van der Waals surface area contributed by atoms with E-state index in [1.165, 1.54) is 10.8 Å². The van der Waals surface area contributed by atoms with Gasteiger partial charge in [0.25, 0.3) is 5.56 Å². The van der Waals surface area contributed by atoms with E-state index in [1.54, 1.807) is 6.07 Å². The Kier molecular flexibility index (Phi) is 4.25. The first-order valence-corrected chi connectivity index (χ1v) is 7.84. The minimum atomic E-state index is -0.301. The number of amides is 1. The Labute approximate surface area is 141 Å². The normalized spacial score (nSPS) is 10.7. The number of hydrogen-bond acceptors (Lipinski definition) is 3. The maximum absolute atomic E-state index is 12.3. The molecule has 0 saturated carbocycles. The lowest BCUT2D eigenvalue weighted by Crippen LogP contribution is -2.28. The Balaban J connectivity index is 1.90. The van der Waals surface area contributed by atoms with Crippen LogP contribution in [-0.2, 0) is 11.3 Å². The summed E-state index contributed by atoms with van der Waals surface area (Å²) in [4.78, 5) is 28.5. The van der Waals surface area contributed by atoms with E-state index < -0.39 is 0 Å². The van der Waals surface area contributed by atoms with Gasteiger partial charge in [-0.3, -0.25) is 14.2 Å². The molecule has 0 saturated heterocycles. The third kappa shape index (κ3) is 3.32. The van der Waals surface area contributed by atoms with Crippen LogP contribution in [0.15, 0.2) is 57.9 Å². The quantitative estimate of drug-likeness (QED) is 0.769. The van der Waals surface area contributed by atoms with Gasteiger partial charge in [-0.2, -0.15) is 0 Å². The third-order valence-corrected chi connectivity index (χ3v) is 4.02. The number of nitrogens with one attached hydrogen (secondary N) is 1. The minimum Gasteiger partial charge on any atom is -0.324 e. The van der Waals surface area contributed by atoms with Gasteiger partial charge in [0.1, 0.15) is 6.54 Å². The highest BCUT2D eigenvalue weighted by Crippen LogP contribution is 2.20. The summed E-state index contributed by atoms with van der Waals surface area (Å²) in [6.45, 7) is 1.85. The van der Waals surface area contributed by atoms with Crippen molar-refractivity contribution in [2.45, 2.75) is 13.5 Å². The zero-order valence-electron chi connectivity index (χ0n) is 12.4. The fourth-order valence-electron chi connectivity index (χ4n) is 2.34. The SMILES string of the molecule is Cc1ccc(Br)cc1NC(=O)Cn1c(=O)cnc2ccccc21. The number of benzene rings is 2. The lowest BCUT2D eigenvalue weighted by Gasteiger charge is -2.11.